The van der Waals surface area contributed by atoms with Gasteiger partial charge in [0.1, 0.15) is 18.1 Å². The fraction of sp³-hybridized carbons (Fsp3) is 0.0952. The summed E-state index contributed by atoms with van der Waals surface area (Å²) < 4.78 is 10.9. The summed E-state index contributed by atoms with van der Waals surface area (Å²) in [6.07, 6.45) is 1.81. The minimum Gasteiger partial charge on any atom is -0.497 e. The molecule has 0 saturated heterocycles. The largest absolute Gasteiger partial charge is 0.497 e. The van der Waals surface area contributed by atoms with Gasteiger partial charge in [-0.05, 0) is 66.2 Å². The Labute approximate surface area is 162 Å². The Bertz CT molecular complexity index is 891. The quantitative estimate of drug-likeness (QED) is 0.464. The third-order valence-electron chi connectivity index (χ3n) is 3.72. The van der Waals surface area contributed by atoms with Crippen molar-refractivity contribution in [2.75, 3.05) is 7.11 Å². The zero-order valence-electron chi connectivity index (χ0n) is 14.2. The van der Waals surface area contributed by atoms with Gasteiger partial charge in [0.25, 0.3) is 0 Å². The standard InChI is InChI=1S/C21H17Cl2NO2/c1-25-19-10-6-18(7-11-19)24-13-15-2-8-20(9-3-15)26-14-16-4-5-17(22)12-21(16)23/h2-13H,14H2,1H3. The predicted molar refractivity (Wildman–Crippen MR) is 107 cm³/mol. The minimum absolute atomic E-state index is 0.384. The molecule has 0 aromatic heterocycles. The van der Waals surface area contributed by atoms with Crippen molar-refractivity contribution in [3.8, 4) is 11.5 Å². The molecule has 26 heavy (non-hydrogen) atoms. The highest BCUT2D eigenvalue weighted by atomic mass is 35.5. The highest BCUT2D eigenvalue weighted by Gasteiger charge is 2.02. The molecule has 0 aliphatic rings. The van der Waals surface area contributed by atoms with Crippen LogP contribution in [0, 0.1) is 0 Å². The molecule has 0 spiro atoms. The second kappa shape index (κ2) is 8.75. The summed E-state index contributed by atoms with van der Waals surface area (Å²) in [6.45, 7) is 0.384. The van der Waals surface area contributed by atoms with Crippen LogP contribution in [0.5, 0.6) is 11.5 Å². The lowest BCUT2D eigenvalue weighted by Crippen LogP contribution is -1.96. The molecule has 0 fully saturated rings. The summed E-state index contributed by atoms with van der Waals surface area (Å²) in [7, 11) is 1.64. The molecule has 0 radical (unpaired) electrons. The molecule has 5 heteroatoms. The Morgan fingerprint density at radius 3 is 2.23 bits per heavy atom. The molecule has 0 N–H and O–H groups in total. The van der Waals surface area contributed by atoms with Gasteiger partial charge in [0.15, 0.2) is 0 Å². The van der Waals surface area contributed by atoms with E-state index in [9.17, 15) is 0 Å². The van der Waals surface area contributed by atoms with E-state index in [1.807, 2.05) is 60.8 Å². The summed E-state index contributed by atoms with van der Waals surface area (Å²) in [4.78, 5) is 4.44. The highest BCUT2D eigenvalue weighted by molar-refractivity contribution is 6.35. The first-order valence-electron chi connectivity index (χ1n) is 7.99. The van der Waals surface area contributed by atoms with Gasteiger partial charge < -0.3 is 9.47 Å². The van der Waals surface area contributed by atoms with Crippen LogP contribution in [0.1, 0.15) is 11.1 Å². The van der Waals surface area contributed by atoms with Crippen LogP contribution >= 0.6 is 23.2 Å². The average molecular weight is 386 g/mol. The van der Waals surface area contributed by atoms with Crippen LogP contribution in [0.2, 0.25) is 10.0 Å². The van der Waals surface area contributed by atoms with Crippen molar-refractivity contribution in [1.82, 2.24) is 0 Å². The molecule has 0 amide bonds. The molecular weight excluding hydrogens is 369 g/mol. The van der Waals surface area contributed by atoms with Gasteiger partial charge in [0.05, 0.1) is 12.8 Å². The molecule has 0 bridgehead atoms. The van der Waals surface area contributed by atoms with Crippen LogP contribution in [0.4, 0.5) is 5.69 Å². The van der Waals surface area contributed by atoms with Crippen molar-refractivity contribution in [1.29, 1.82) is 0 Å². The topological polar surface area (TPSA) is 30.8 Å². The summed E-state index contributed by atoms with van der Waals surface area (Å²) in [5, 5.41) is 1.21. The molecule has 0 heterocycles. The van der Waals surface area contributed by atoms with Gasteiger partial charge in [-0.15, -0.1) is 0 Å². The molecule has 0 saturated carbocycles. The number of hydrogen-bond donors (Lipinski definition) is 0. The van der Waals surface area contributed by atoms with Gasteiger partial charge in [-0.25, -0.2) is 0 Å². The van der Waals surface area contributed by atoms with Gasteiger partial charge in [0, 0.05) is 21.8 Å². The molecule has 0 aliphatic carbocycles. The summed E-state index contributed by atoms with van der Waals surface area (Å²) in [5.41, 5.74) is 2.74. The first-order chi connectivity index (χ1) is 12.6. The van der Waals surface area contributed by atoms with Gasteiger partial charge in [-0.2, -0.15) is 0 Å². The van der Waals surface area contributed by atoms with E-state index >= 15 is 0 Å². The smallest absolute Gasteiger partial charge is 0.119 e. The first kappa shape index (κ1) is 18.3. The van der Waals surface area contributed by atoms with Crippen LogP contribution < -0.4 is 9.47 Å². The monoisotopic (exact) mass is 385 g/mol. The van der Waals surface area contributed by atoms with Crippen LogP contribution in [-0.4, -0.2) is 13.3 Å². The zero-order chi connectivity index (χ0) is 18.4. The third kappa shape index (κ3) is 5.01. The normalized spacial score (nSPS) is 10.9. The van der Waals surface area contributed by atoms with E-state index < -0.39 is 0 Å². The van der Waals surface area contributed by atoms with Crippen molar-refractivity contribution in [3.63, 3.8) is 0 Å². The number of benzene rings is 3. The number of aliphatic imine (C=N–C) groups is 1. The summed E-state index contributed by atoms with van der Waals surface area (Å²) in [5.74, 6) is 1.57. The van der Waals surface area contributed by atoms with Gasteiger partial charge in [-0.1, -0.05) is 29.3 Å². The molecule has 0 unspecified atom stereocenters. The summed E-state index contributed by atoms with van der Waals surface area (Å²) in [6, 6.07) is 20.6. The van der Waals surface area contributed by atoms with E-state index in [4.69, 9.17) is 32.7 Å². The lowest BCUT2D eigenvalue weighted by molar-refractivity contribution is 0.306. The second-order valence-corrected chi connectivity index (χ2v) is 6.39. The van der Waals surface area contributed by atoms with Gasteiger partial charge in [-0.3, -0.25) is 4.99 Å². The fourth-order valence-electron chi connectivity index (χ4n) is 2.27. The molecule has 3 nitrogen and oxygen atoms in total. The number of rotatable bonds is 6. The van der Waals surface area contributed by atoms with E-state index in [0.29, 0.717) is 16.7 Å². The Kier molecular flexibility index (Phi) is 6.16. The molecule has 3 aromatic rings. The Hall–Kier alpha value is -2.49. The third-order valence-corrected chi connectivity index (χ3v) is 4.31. The molecule has 3 aromatic carbocycles. The lowest BCUT2D eigenvalue weighted by Gasteiger charge is -2.08. The van der Waals surface area contributed by atoms with Crippen LogP contribution in [0.3, 0.4) is 0 Å². The number of methoxy groups -OCH3 is 1. The van der Waals surface area contributed by atoms with Gasteiger partial charge >= 0.3 is 0 Å². The van der Waals surface area contributed by atoms with Crippen molar-refractivity contribution in [2.24, 2.45) is 4.99 Å². The van der Waals surface area contributed by atoms with E-state index in [1.54, 1.807) is 19.2 Å². The number of ether oxygens (including phenoxy) is 2. The highest BCUT2D eigenvalue weighted by Crippen LogP contribution is 2.23. The second-order valence-electron chi connectivity index (χ2n) is 5.55. The van der Waals surface area contributed by atoms with Crippen LogP contribution in [0.25, 0.3) is 0 Å². The number of nitrogens with zero attached hydrogens (tertiary/aromatic N) is 1. The minimum atomic E-state index is 0.384. The SMILES string of the molecule is COc1ccc(N=Cc2ccc(OCc3ccc(Cl)cc3Cl)cc2)cc1. The van der Waals surface area contributed by atoms with E-state index in [-0.39, 0.29) is 0 Å². The number of hydrogen-bond acceptors (Lipinski definition) is 3. The molecule has 0 atom stereocenters. The van der Waals surface area contributed by atoms with Crippen molar-refractivity contribution in [2.45, 2.75) is 6.61 Å². The Morgan fingerprint density at radius 2 is 1.58 bits per heavy atom. The Balaban J connectivity index is 1.59. The van der Waals surface area contributed by atoms with Gasteiger partial charge in [0.2, 0.25) is 0 Å². The van der Waals surface area contributed by atoms with Crippen LogP contribution in [-0.2, 0) is 6.61 Å². The van der Waals surface area contributed by atoms with Crippen molar-refractivity contribution < 1.29 is 9.47 Å². The predicted octanol–water partition coefficient (Wildman–Crippen LogP) is 6.33. The fourth-order valence-corrected chi connectivity index (χ4v) is 2.73. The van der Waals surface area contributed by atoms with E-state index in [0.717, 1.165) is 28.3 Å². The van der Waals surface area contributed by atoms with Crippen LogP contribution in [0.15, 0.2) is 71.7 Å². The lowest BCUT2D eigenvalue weighted by atomic mass is 10.2. The van der Waals surface area contributed by atoms with Crippen molar-refractivity contribution >= 4 is 35.1 Å². The maximum Gasteiger partial charge on any atom is 0.119 e. The number of halogens is 2. The average Bonchev–Trinajstić information content (AvgIpc) is 2.67. The maximum atomic E-state index is 6.15. The zero-order valence-corrected chi connectivity index (χ0v) is 15.7. The summed E-state index contributed by atoms with van der Waals surface area (Å²) >= 11 is 12.0. The Morgan fingerprint density at radius 1 is 0.885 bits per heavy atom. The molecule has 0 aliphatic heterocycles. The van der Waals surface area contributed by atoms with E-state index in [1.165, 1.54) is 0 Å². The molecule has 132 valence electrons. The molecular formula is C21H17Cl2NO2. The first-order valence-corrected chi connectivity index (χ1v) is 8.74. The molecule has 3 rings (SSSR count). The van der Waals surface area contributed by atoms with Crippen molar-refractivity contribution in [3.05, 3.63) is 87.9 Å². The van der Waals surface area contributed by atoms with E-state index in [2.05, 4.69) is 4.99 Å². The maximum absolute atomic E-state index is 6.15.